The molecule has 0 aliphatic carbocycles. The van der Waals surface area contributed by atoms with Crippen LogP contribution in [-0.4, -0.2) is 18.9 Å². The molecule has 1 aromatic carbocycles. The molecule has 0 saturated carbocycles. The molecule has 3 heteroatoms. The van der Waals surface area contributed by atoms with Crippen molar-refractivity contribution in [2.45, 2.75) is 71.0 Å². The molecule has 0 unspecified atom stereocenters. The van der Waals surface area contributed by atoms with Crippen molar-refractivity contribution >= 4 is 9.84 Å². The minimum atomic E-state index is -2.94. The number of unbranched alkanes of at least 4 members (excludes halogenated alkanes) is 4. The van der Waals surface area contributed by atoms with Gasteiger partial charge in [0.15, 0.2) is 9.84 Å². The Kier molecular flexibility index (Phi) is 6.92. The molecule has 0 aromatic heterocycles. The summed E-state index contributed by atoms with van der Waals surface area (Å²) in [4.78, 5) is 0. The van der Waals surface area contributed by atoms with E-state index in [0.717, 1.165) is 25.7 Å². The molecule has 21 heavy (non-hydrogen) atoms. The van der Waals surface area contributed by atoms with Gasteiger partial charge in [-0.3, -0.25) is 0 Å². The van der Waals surface area contributed by atoms with Crippen LogP contribution in [-0.2, 0) is 16.3 Å². The number of hydrogen-bond acceptors (Lipinski definition) is 2. The number of hydrogen-bond donors (Lipinski definition) is 0. The van der Waals surface area contributed by atoms with Crippen molar-refractivity contribution in [2.75, 3.05) is 5.75 Å². The average molecular weight is 311 g/mol. The van der Waals surface area contributed by atoms with Gasteiger partial charge in [0.05, 0.1) is 10.5 Å². The van der Waals surface area contributed by atoms with E-state index in [2.05, 4.69) is 31.2 Å². The van der Waals surface area contributed by atoms with Crippen molar-refractivity contribution in [1.82, 2.24) is 0 Å². The van der Waals surface area contributed by atoms with Gasteiger partial charge in [-0.1, -0.05) is 49.1 Å². The maximum atomic E-state index is 12.0. The van der Waals surface area contributed by atoms with Gasteiger partial charge in [-0.05, 0) is 52.5 Å². The normalized spacial score (nSPS) is 12.6. The molecule has 0 atom stereocenters. The SMILES string of the molecule is Cc1ccc(CCCCCCCS(=O)(=O)C(C)(C)C)cc1. The predicted molar refractivity (Wildman–Crippen MR) is 91.5 cm³/mol. The van der Waals surface area contributed by atoms with Gasteiger partial charge in [-0.25, -0.2) is 8.42 Å². The molecule has 0 saturated heterocycles. The monoisotopic (exact) mass is 310 g/mol. The maximum absolute atomic E-state index is 12.0. The second-order valence-corrected chi connectivity index (χ2v) is 9.80. The van der Waals surface area contributed by atoms with Gasteiger partial charge >= 0.3 is 0 Å². The maximum Gasteiger partial charge on any atom is 0.155 e. The summed E-state index contributed by atoms with van der Waals surface area (Å²) in [6.07, 6.45) is 6.44. The summed E-state index contributed by atoms with van der Waals surface area (Å²) >= 11 is 0. The van der Waals surface area contributed by atoms with Crippen molar-refractivity contribution in [3.05, 3.63) is 35.4 Å². The summed E-state index contributed by atoms with van der Waals surface area (Å²) in [5, 5.41) is 0. The van der Waals surface area contributed by atoms with Crippen LogP contribution in [0.4, 0.5) is 0 Å². The number of rotatable bonds is 8. The van der Waals surface area contributed by atoms with Crippen LogP contribution in [0.3, 0.4) is 0 Å². The first-order valence-corrected chi connectivity index (χ1v) is 9.65. The van der Waals surface area contributed by atoms with E-state index in [-0.39, 0.29) is 0 Å². The fourth-order valence-electron chi connectivity index (χ4n) is 2.21. The zero-order valence-corrected chi connectivity index (χ0v) is 14.8. The minimum Gasteiger partial charge on any atom is -0.228 e. The molecule has 0 aliphatic heterocycles. The van der Waals surface area contributed by atoms with Crippen LogP contribution in [0.25, 0.3) is 0 Å². The Hall–Kier alpha value is -0.830. The van der Waals surface area contributed by atoms with Gasteiger partial charge in [0.1, 0.15) is 0 Å². The Balaban J connectivity index is 2.12. The van der Waals surface area contributed by atoms with E-state index < -0.39 is 14.6 Å². The summed E-state index contributed by atoms with van der Waals surface area (Å²) < 4.78 is 23.3. The standard InChI is InChI=1S/C18H30O2S/c1-16-11-13-17(14-12-16)10-8-6-5-7-9-15-21(19,20)18(2,3)4/h11-14H,5-10,15H2,1-4H3. The van der Waals surface area contributed by atoms with Crippen LogP contribution < -0.4 is 0 Å². The summed E-state index contributed by atoms with van der Waals surface area (Å²) in [5.41, 5.74) is 2.70. The molecular weight excluding hydrogens is 280 g/mol. The Morgan fingerprint density at radius 1 is 0.857 bits per heavy atom. The molecule has 0 heterocycles. The van der Waals surface area contributed by atoms with Crippen molar-refractivity contribution in [3.8, 4) is 0 Å². The van der Waals surface area contributed by atoms with E-state index in [9.17, 15) is 8.42 Å². The quantitative estimate of drug-likeness (QED) is 0.652. The molecule has 0 radical (unpaired) electrons. The van der Waals surface area contributed by atoms with E-state index >= 15 is 0 Å². The van der Waals surface area contributed by atoms with Crippen LogP contribution in [0.1, 0.15) is 64.0 Å². The van der Waals surface area contributed by atoms with E-state index in [1.54, 1.807) is 20.8 Å². The van der Waals surface area contributed by atoms with Crippen LogP contribution in [0.15, 0.2) is 24.3 Å². The molecule has 1 rings (SSSR count). The Morgan fingerprint density at radius 3 is 1.95 bits per heavy atom. The van der Waals surface area contributed by atoms with E-state index in [4.69, 9.17) is 0 Å². The molecule has 0 spiro atoms. The first kappa shape index (κ1) is 18.2. The molecule has 2 nitrogen and oxygen atoms in total. The summed E-state index contributed by atoms with van der Waals surface area (Å²) in [5.74, 6) is 0.328. The fourth-order valence-corrected chi connectivity index (χ4v) is 3.41. The van der Waals surface area contributed by atoms with Gasteiger partial charge in [-0.2, -0.15) is 0 Å². The first-order valence-electron chi connectivity index (χ1n) is 8.00. The zero-order valence-electron chi connectivity index (χ0n) is 14.0. The molecule has 0 amide bonds. The van der Waals surface area contributed by atoms with Crippen molar-refractivity contribution in [3.63, 3.8) is 0 Å². The summed E-state index contributed by atoms with van der Waals surface area (Å²) in [6.45, 7) is 7.45. The molecule has 1 aromatic rings. The third-order valence-corrected chi connectivity index (χ3v) is 6.62. The largest absolute Gasteiger partial charge is 0.228 e. The Labute approximate surface area is 130 Å². The minimum absolute atomic E-state index is 0.328. The van der Waals surface area contributed by atoms with Gasteiger partial charge in [-0.15, -0.1) is 0 Å². The van der Waals surface area contributed by atoms with E-state index in [0.29, 0.717) is 5.75 Å². The van der Waals surface area contributed by atoms with Crippen LogP contribution in [0, 0.1) is 6.92 Å². The molecular formula is C18H30O2S. The highest BCUT2D eigenvalue weighted by Crippen LogP contribution is 2.18. The highest BCUT2D eigenvalue weighted by atomic mass is 32.2. The smallest absolute Gasteiger partial charge is 0.155 e. The molecule has 0 N–H and O–H groups in total. The zero-order chi connectivity index (χ0) is 15.9. The second kappa shape index (κ2) is 7.98. The highest BCUT2D eigenvalue weighted by Gasteiger charge is 2.27. The van der Waals surface area contributed by atoms with Crippen LogP contribution in [0.2, 0.25) is 0 Å². The summed E-state index contributed by atoms with van der Waals surface area (Å²) in [6, 6.07) is 8.72. The number of sulfone groups is 1. The molecule has 0 fully saturated rings. The van der Waals surface area contributed by atoms with Crippen molar-refractivity contribution in [2.24, 2.45) is 0 Å². The lowest BCUT2D eigenvalue weighted by Crippen LogP contribution is -2.30. The lowest BCUT2D eigenvalue weighted by molar-refractivity contribution is 0.552. The van der Waals surface area contributed by atoms with Crippen molar-refractivity contribution in [1.29, 1.82) is 0 Å². The second-order valence-electron chi connectivity index (χ2n) is 6.93. The molecule has 120 valence electrons. The van der Waals surface area contributed by atoms with Gasteiger partial charge in [0.25, 0.3) is 0 Å². The molecule has 0 bridgehead atoms. The third-order valence-electron chi connectivity index (χ3n) is 3.93. The average Bonchev–Trinajstić information content (AvgIpc) is 2.38. The highest BCUT2D eigenvalue weighted by molar-refractivity contribution is 7.92. The topological polar surface area (TPSA) is 34.1 Å². The fraction of sp³-hybridized carbons (Fsp3) is 0.667. The van der Waals surface area contributed by atoms with Crippen molar-refractivity contribution < 1.29 is 8.42 Å². The lowest BCUT2D eigenvalue weighted by Gasteiger charge is -2.18. The Bertz CT molecular complexity index is 507. The lowest BCUT2D eigenvalue weighted by atomic mass is 10.0. The van der Waals surface area contributed by atoms with Gasteiger partial charge in [0.2, 0.25) is 0 Å². The Morgan fingerprint density at radius 2 is 1.38 bits per heavy atom. The number of aryl methyl sites for hydroxylation is 2. The van der Waals surface area contributed by atoms with Crippen LogP contribution >= 0.6 is 0 Å². The van der Waals surface area contributed by atoms with E-state index in [1.807, 2.05) is 0 Å². The predicted octanol–water partition coefficient (Wildman–Crippen LogP) is 4.70. The van der Waals surface area contributed by atoms with Crippen LogP contribution in [0.5, 0.6) is 0 Å². The third kappa shape index (κ3) is 6.64. The van der Waals surface area contributed by atoms with Gasteiger partial charge in [0, 0.05) is 0 Å². The van der Waals surface area contributed by atoms with Gasteiger partial charge < -0.3 is 0 Å². The summed E-state index contributed by atoms with van der Waals surface area (Å²) in [7, 11) is -2.94. The first-order chi connectivity index (χ1) is 9.72. The number of benzene rings is 1. The molecule has 0 aliphatic rings. The van der Waals surface area contributed by atoms with E-state index in [1.165, 1.54) is 24.0 Å².